The molecule has 0 bridgehead atoms. The van der Waals surface area contributed by atoms with Crippen LogP contribution >= 0.6 is 7.92 Å². The summed E-state index contributed by atoms with van der Waals surface area (Å²) in [4.78, 5) is 0. The minimum atomic E-state index is -4.52. The third-order valence-electron chi connectivity index (χ3n) is 0.710. The monoisotopic (exact) mass is 174 g/mol. The van der Waals surface area contributed by atoms with E-state index in [0.717, 1.165) is 0 Å². The first-order valence-electron chi connectivity index (χ1n) is 2.45. The smallest absolute Gasteiger partial charge is 0.207 e. The Morgan fingerprint density at radius 3 is 1.80 bits per heavy atom. The van der Waals surface area contributed by atoms with Crippen molar-refractivity contribution in [2.45, 2.75) is 6.18 Å². The maximum Gasteiger partial charge on any atom is 0.412 e. The van der Waals surface area contributed by atoms with Gasteiger partial charge < -0.3 is 0 Å². The number of alkyl halides is 3. The van der Waals surface area contributed by atoms with Crippen molar-refractivity contribution in [3.05, 3.63) is 11.6 Å². The van der Waals surface area contributed by atoms with Crippen molar-refractivity contribution >= 4 is 7.92 Å². The average Bonchev–Trinajstić information content (AvgIpc) is 1.60. The molecule has 0 saturated carbocycles. The molecule has 0 aromatic rings. The molecule has 0 aliphatic rings. The molecule has 0 amide bonds. The van der Waals surface area contributed by atoms with Crippen molar-refractivity contribution in [2.75, 3.05) is 13.3 Å². The first-order chi connectivity index (χ1) is 4.33. The molecule has 0 nitrogen and oxygen atoms in total. The van der Waals surface area contributed by atoms with E-state index in [1.165, 1.54) is 13.3 Å². The third kappa shape index (κ3) is 4.74. The van der Waals surface area contributed by atoms with Gasteiger partial charge in [0.15, 0.2) is 0 Å². The van der Waals surface area contributed by atoms with E-state index in [2.05, 4.69) is 0 Å². The van der Waals surface area contributed by atoms with Gasteiger partial charge in [0.25, 0.3) is 0 Å². The fourth-order valence-corrected chi connectivity index (χ4v) is 0.669. The van der Waals surface area contributed by atoms with Crippen molar-refractivity contribution < 1.29 is 17.6 Å². The van der Waals surface area contributed by atoms with E-state index in [4.69, 9.17) is 0 Å². The number of halogens is 4. The van der Waals surface area contributed by atoms with Gasteiger partial charge in [-0.05, 0) is 13.3 Å². The van der Waals surface area contributed by atoms with Crippen LogP contribution in [0.25, 0.3) is 0 Å². The zero-order valence-corrected chi connectivity index (χ0v) is 6.43. The first kappa shape index (κ1) is 9.89. The molecule has 0 spiro atoms. The Morgan fingerprint density at radius 2 is 1.70 bits per heavy atom. The molecule has 0 aromatic heterocycles. The summed E-state index contributed by atoms with van der Waals surface area (Å²) >= 11 is 0. The van der Waals surface area contributed by atoms with Crippen molar-refractivity contribution in [2.24, 2.45) is 0 Å². The van der Waals surface area contributed by atoms with E-state index < -0.39 is 19.7 Å². The summed E-state index contributed by atoms with van der Waals surface area (Å²) in [5.74, 6) is 0. The first-order valence-corrected chi connectivity index (χ1v) is 4.69. The van der Waals surface area contributed by atoms with Crippen molar-refractivity contribution in [1.82, 2.24) is 0 Å². The normalized spacial score (nSPS) is 14.5. The Morgan fingerprint density at radius 1 is 1.30 bits per heavy atom. The van der Waals surface area contributed by atoms with Gasteiger partial charge in [0, 0.05) is 0 Å². The molecule has 0 N–H and O–H groups in total. The summed E-state index contributed by atoms with van der Waals surface area (Å²) in [5.41, 5.74) is -1.07. The molecule has 0 aliphatic heterocycles. The van der Waals surface area contributed by atoms with E-state index in [0.29, 0.717) is 0 Å². The minimum Gasteiger partial charge on any atom is -0.207 e. The lowest BCUT2D eigenvalue weighted by Crippen LogP contribution is -2.01. The van der Waals surface area contributed by atoms with Gasteiger partial charge in [-0.3, -0.25) is 0 Å². The van der Waals surface area contributed by atoms with Crippen LogP contribution in [-0.4, -0.2) is 19.5 Å². The van der Waals surface area contributed by atoms with Crippen LogP contribution < -0.4 is 0 Å². The Hall–Kier alpha value is -0.110. The molecule has 0 rings (SSSR count). The summed E-state index contributed by atoms with van der Waals surface area (Å²) in [6.07, 6.45) is -4.81. The van der Waals surface area contributed by atoms with E-state index >= 15 is 0 Å². The predicted octanol–water partition coefficient (Wildman–Crippen LogP) is 3.10. The van der Waals surface area contributed by atoms with E-state index in [9.17, 15) is 17.6 Å². The van der Waals surface area contributed by atoms with Gasteiger partial charge in [-0.25, -0.2) is 4.39 Å². The maximum absolute atomic E-state index is 12.2. The maximum atomic E-state index is 12.2. The highest BCUT2D eigenvalue weighted by Crippen LogP contribution is 2.39. The molecule has 0 aliphatic carbocycles. The van der Waals surface area contributed by atoms with E-state index in [1.54, 1.807) is 0 Å². The van der Waals surface area contributed by atoms with Crippen molar-refractivity contribution in [3.63, 3.8) is 0 Å². The highest BCUT2D eigenvalue weighted by atomic mass is 31.1. The lowest BCUT2D eigenvalue weighted by molar-refractivity contribution is -0.0808. The second kappa shape index (κ2) is 3.33. The quantitative estimate of drug-likeness (QED) is 0.423. The summed E-state index contributed by atoms with van der Waals surface area (Å²) < 4.78 is 46.3. The van der Waals surface area contributed by atoms with Crippen molar-refractivity contribution in [1.29, 1.82) is 0 Å². The topological polar surface area (TPSA) is 0 Å². The zero-order chi connectivity index (χ0) is 8.36. The molecule has 0 aromatic carbocycles. The SMILES string of the molecule is CP(C)/C(F)=C\C(F)(F)F. The van der Waals surface area contributed by atoms with Crippen LogP contribution in [-0.2, 0) is 0 Å². The second-order valence-corrected chi connectivity index (χ2v) is 4.12. The molecular weight excluding hydrogens is 167 g/mol. The molecule has 60 valence electrons. The lowest BCUT2D eigenvalue weighted by Gasteiger charge is -2.03. The van der Waals surface area contributed by atoms with Gasteiger partial charge in [-0.15, -0.1) is 0 Å². The van der Waals surface area contributed by atoms with Gasteiger partial charge in [0.2, 0.25) is 0 Å². The molecule has 0 saturated heterocycles. The minimum absolute atomic E-state index is 0.293. The molecular formula is C5H7F4P. The Bertz CT molecular complexity index is 135. The number of hydrogen-bond donors (Lipinski definition) is 0. The average molecular weight is 174 g/mol. The molecule has 0 atom stereocenters. The summed E-state index contributed by atoms with van der Waals surface area (Å²) in [5, 5.41) is 0. The van der Waals surface area contributed by atoms with Crippen LogP contribution in [0.3, 0.4) is 0 Å². The van der Waals surface area contributed by atoms with E-state index in [-0.39, 0.29) is 6.08 Å². The number of hydrogen-bond acceptors (Lipinski definition) is 0. The van der Waals surface area contributed by atoms with Crippen LogP contribution in [0.1, 0.15) is 0 Å². The molecule has 0 heterocycles. The lowest BCUT2D eigenvalue weighted by atomic mass is 10.6. The highest BCUT2D eigenvalue weighted by molar-refractivity contribution is 7.60. The second-order valence-electron chi connectivity index (χ2n) is 1.90. The van der Waals surface area contributed by atoms with Crippen LogP contribution in [0.15, 0.2) is 11.6 Å². The number of allylic oxidation sites excluding steroid dienone is 1. The van der Waals surface area contributed by atoms with Crippen LogP contribution in [0.5, 0.6) is 0 Å². The van der Waals surface area contributed by atoms with Crippen molar-refractivity contribution in [3.8, 4) is 0 Å². The third-order valence-corrected chi connectivity index (χ3v) is 1.69. The number of rotatable bonds is 1. The predicted molar refractivity (Wildman–Crippen MR) is 34.0 cm³/mol. The zero-order valence-electron chi connectivity index (χ0n) is 5.54. The molecule has 10 heavy (non-hydrogen) atoms. The van der Waals surface area contributed by atoms with Gasteiger partial charge in [0.05, 0.1) is 6.08 Å². The summed E-state index contributed by atoms with van der Waals surface area (Å²) in [6, 6.07) is 0. The fourth-order valence-electron chi connectivity index (χ4n) is 0.264. The fraction of sp³-hybridized carbons (Fsp3) is 0.600. The Kier molecular flexibility index (Phi) is 3.29. The molecule has 0 unspecified atom stereocenters. The van der Waals surface area contributed by atoms with Crippen LogP contribution in [0.2, 0.25) is 0 Å². The Balaban J connectivity index is 4.17. The van der Waals surface area contributed by atoms with Gasteiger partial charge in [-0.1, -0.05) is 7.92 Å². The molecule has 0 radical (unpaired) electrons. The Labute approximate surface area is 57.7 Å². The van der Waals surface area contributed by atoms with Gasteiger partial charge in [0.1, 0.15) is 5.57 Å². The largest absolute Gasteiger partial charge is 0.412 e. The van der Waals surface area contributed by atoms with E-state index in [1.807, 2.05) is 0 Å². The van der Waals surface area contributed by atoms with Gasteiger partial charge in [-0.2, -0.15) is 13.2 Å². The van der Waals surface area contributed by atoms with Crippen LogP contribution in [0, 0.1) is 0 Å². The standard InChI is InChI=1S/C5H7F4P/c1-10(2)4(6)3-5(7,8)9/h3H,1-2H3/b4-3-. The van der Waals surface area contributed by atoms with Crippen LogP contribution in [0.4, 0.5) is 17.6 Å². The molecule has 5 heteroatoms. The molecule has 0 fully saturated rings. The van der Waals surface area contributed by atoms with Gasteiger partial charge >= 0.3 is 6.18 Å². The summed E-state index contributed by atoms with van der Waals surface area (Å²) in [7, 11) is -1.25. The summed E-state index contributed by atoms with van der Waals surface area (Å²) in [6.45, 7) is 2.85. The highest BCUT2D eigenvalue weighted by Gasteiger charge is 2.25.